The summed E-state index contributed by atoms with van der Waals surface area (Å²) in [5.41, 5.74) is 2.31. The second-order valence-electron chi connectivity index (χ2n) is 3.42. The van der Waals surface area contributed by atoms with E-state index >= 15 is 0 Å². The largest absolute Gasteiger partial charge is 0.314 e. The summed E-state index contributed by atoms with van der Waals surface area (Å²) in [6, 6.07) is 6.22. The Morgan fingerprint density at radius 3 is 2.93 bits per heavy atom. The van der Waals surface area contributed by atoms with Crippen LogP contribution in [0.3, 0.4) is 0 Å². The van der Waals surface area contributed by atoms with Gasteiger partial charge in [-0.25, -0.2) is 0 Å². The van der Waals surface area contributed by atoms with Crippen molar-refractivity contribution in [3.63, 3.8) is 0 Å². The summed E-state index contributed by atoms with van der Waals surface area (Å²) in [5.74, 6) is 0.910. The van der Waals surface area contributed by atoms with Gasteiger partial charge in [0.15, 0.2) is 5.82 Å². The second-order valence-corrected chi connectivity index (χ2v) is 4.28. The smallest absolute Gasteiger partial charge is 0.164 e. The molecule has 0 saturated heterocycles. The third-order valence-corrected chi connectivity index (χ3v) is 3.01. The van der Waals surface area contributed by atoms with Gasteiger partial charge >= 0.3 is 0 Å². The van der Waals surface area contributed by atoms with Crippen LogP contribution >= 0.6 is 15.9 Å². The Bertz CT molecular complexity index is 476. The lowest BCUT2D eigenvalue weighted by molar-refractivity contribution is 0.766. The molecule has 0 unspecified atom stereocenters. The molecule has 0 aliphatic rings. The van der Waals surface area contributed by atoms with Crippen molar-refractivity contribution in [2.24, 2.45) is 0 Å². The molecule has 3 nitrogen and oxygen atoms in total. The highest BCUT2D eigenvalue weighted by Crippen LogP contribution is 2.27. The van der Waals surface area contributed by atoms with Crippen LogP contribution in [0.15, 0.2) is 29.0 Å². The zero-order chi connectivity index (χ0) is 10.8. The molecule has 0 aliphatic heterocycles. The minimum Gasteiger partial charge on any atom is -0.314 e. The fourth-order valence-electron chi connectivity index (χ4n) is 1.51. The number of nitrogens with zero attached hydrogens (tertiary/aromatic N) is 3. The van der Waals surface area contributed by atoms with E-state index in [9.17, 15) is 0 Å². The maximum Gasteiger partial charge on any atom is 0.164 e. The van der Waals surface area contributed by atoms with Gasteiger partial charge in [0, 0.05) is 16.6 Å². The highest BCUT2D eigenvalue weighted by molar-refractivity contribution is 9.10. The highest BCUT2D eigenvalue weighted by Gasteiger charge is 2.09. The van der Waals surface area contributed by atoms with Crippen molar-refractivity contribution in [2.75, 3.05) is 0 Å². The van der Waals surface area contributed by atoms with E-state index in [1.54, 1.807) is 6.33 Å². The number of halogens is 1. The van der Waals surface area contributed by atoms with Crippen molar-refractivity contribution in [3.8, 4) is 11.4 Å². The molecular weight excluding hydrogens is 254 g/mol. The van der Waals surface area contributed by atoms with E-state index in [1.165, 1.54) is 5.56 Å². The molecule has 1 heterocycles. The molecule has 0 fully saturated rings. The molecule has 4 heteroatoms. The van der Waals surface area contributed by atoms with Crippen LogP contribution in [0, 0.1) is 6.92 Å². The first kappa shape index (κ1) is 10.4. The molecule has 0 amide bonds. The van der Waals surface area contributed by atoms with Gasteiger partial charge in [0.25, 0.3) is 0 Å². The van der Waals surface area contributed by atoms with Crippen molar-refractivity contribution in [1.82, 2.24) is 14.8 Å². The fraction of sp³-hybridized carbons (Fsp3) is 0.273. The van der Waals surface area contributed by atoms with E-state index in [0.29, 0.717) is 0 Å². The fourth-order valence-corrected chi connectivity index (χ4v) is 1.93. The van der Waals surface area contributed by atoms with Gasteiger partial charge in [-0.1, -0.05) is 27.6 Å². The average Bonchev–Trinajstić information content (AvgIpc) is 2.69. The van der Waals surface area contributed by atoms with Gasteiger partial charge in [0.1, 0.15) is 6.33 Å². The molecule has 78 valence electrons. The van der Waals surface area contributed by atoms with Crippen molar-refractivity contribution >= 4 is 15.9 Å². The van der Waals surface area contributed by atoms with Crippen molar-refractivity contribution in [2.45, 2.75) is 20.4 Å². The van der Waals surface area contributed by atoms with Crippen LogP contribution in [0.2, 0.25) is 0 Å². The average molecular weight is 266 g/mol. The Balaban J connectivity index is 2.58. The molecular formula is C11H12BrN3. The Hall–Kier alpha value is -1.16. The lowest BCUT2D eigenvalue weighted by Crippen LogP contribution is -1.96. The van der Waals surface area contributed by atoms with E-state index in [2.05, 4.69) is 52.1 Å². The van der Waals surface area contributed by atoms with Crippen LogP contribution in [0.5, 0.6) is 0 Å². The van der Waals surface area contributed by atoms with Crippen LogP contribution in [0.4, 0.5) is 0 Å². The van der Waals surface area contributed by atoms with Crippen molar-refractivity contribution in [1.29, 1.82) is 0 Å². The molecule has 15 heavy (non-hydrogen) atoms. The van der Waals surface area contributed by atoms with E-state index in [-0.39, 0.29) is 0 Å². The molecule has 0 saturated carbocycles. The molecule has 0 N–H and O–H groups in total. The number of hydrogen-bond donors (Lipinski definition) is 0. The Kier molecular flexibility index (Phi) is 2.86. The quantitative estimate of drug-likeness (QED) is 0.836. The molecule has 0 aliphatic carbocycles. The molecule has 0 bridgehead atoms. The third-order valence-electron chi connectivity index (χ3n) is 2.32. The Labute approximate surface area is 97.3 Å². The summed E-state index contributed by atoms with van der Waals surface area (Å²) in [6.07, 6.45) is 1.75. The lowest BCUT2D eigenvalue weighted by atomic mass is 10.1. The van der Waals surface area contributed by atoms with Gasteiger partial charge in [0.05, 0.1) is 0 Å². The third kappa shape index (κ3) is 1.95. The number of aryl methyl sites for hydroxylation is 2. The molecule has 0 spiro atoms. The number of aromatic nitrogens is 3. The van der Waals surface area contributed by atoms with E-state index in [4.69, 9.17) is 0 Å². The molecule has 0 radical (unpaired) electrons. The Morgan fingerprint density at radius 1 is 1.40 bits per heavy atom. The van der Waals surface area contributed by atoms with Crippen LogP contribution in [0.25, 0.3) is 11.4 Å². The van der Waals surface area contributed by atoms with E-state index < -0.39 is 0 Å². The summed E-state index contributed by atoms with van der Waals surface area (Å²) >= 11 is 3.53. The second kappa shape index (κ2) is 4.14. The zero-order valence-electron chi connectivity index (χ0n) is 8.74. The van der Waals surface area contributed by atoms with Gasteiger partial charge in [0.2, 0.25) is 0 Å². The summed E-state index contributed by atoms with van der Waals surface area (Å²) in [6.45, 7) is 5.03. The van der Waals surface area contributed by atoms with Crippen LogP contribution < -0.4 is 0 Å². The van der Waals surface area contributed by atoms with Crippen molar-refractivity contribution in [3.05, 3.63) is 34.6 Å². The van der Waals surface area contributed by atoms with Gasteiger partial charge in [-0.15, -0.1) is 10.2 Å². The van der Waals surface area contributed by atoms with E-state index in [0.717, 1.165) is 22.4 Å². The van der Waals surface area contributed by atoms with Crippen LogP contribution in [0.1, 0.15) is 12.5 Å². The molecule has 2 aromatic rings. The standard InChI is InChI=1S/C11H12BrN3/c1-3-15-7-13-14-11(15)9-6-8(2)4-5-10(9)12/h4-7H,3H2,1-2H3. The maximum absolute atomic E-state index is 4.14. The van der Waals surface area contributed by atoms with Crippen molar-refractivity contribution < 1.29 is 0 Å². The first-order valence-electron chi connectivity index (χ1n) is 4.86. The monoisotopic (exact) mass is 265 g/mol. The van der Waals surface area contributed by atoms with Gasteiger partial charge in [-0.05, 0) is 26.0 Å². The predicted molar refractivity (Wildman–Crippen MR) is 63.6 cm³/mol. The summed E-state index contributed by atoms with van der Waals surface area (Å²) < 4.78 is 3.08. The lowest BCUT2D eigenvalue weighted by Gasteiger charge is -2.06. The molecule has 0 atom stereocenters. The summed E-state index contributed by atoms with van der Waals surface area (Å²) in [7, 11) is 0. The minimum absolute atomic E-state index is 0.878. The van der Waals surface area contributed by atoms with Crippen LogP contribution in [-0.2, 0) is 6.54 Å². The number of rotatable bonds is 2. The normalized spacial score (nSPS) is 10.6. The highest BCUT2D eigenvalue weighted by atomic mass is 79.9. The Morgan fingerprint density at radius 2 is 2.20 bits per heavy atom. The molecule has 2 rings (SSSR count). The first-order chi connectivity index (χ1) is 7.22. The maximum atomic E-state index is 4.14. The first-order valence-corrected chi connectivity index (χ1v) is 5.66. The van der Waals surface area contributed by atoms with Gasteiger partial charge < -0.3 is 4.57 Å². The van der Waals surface area contributed by atoms with Crippen LogP contribution in [-0.4, -0.2) is 14.8 Å². The predicted octanol–water partition coefficient (Wildman–Crippen LogP) is 3.04. The minimum atomic E-state index is 0.878. The number of benzene rings is 1. The zero-order valence-corrected chi connectivity index (χ0v) is 10.3. The summed E-state index contributed by atoms with van der Waals surface area (Å²) in [5, 5.41) is 8.07. The topological polar surface area (TPSA) is 30.7 Å². The number of hydrogen-bond acceptors (Lipinski definition) is 2. The van der Waals surface area contributed by atoms with Gasteiger partial charge in [-0.2, -0.15) is 0 Å². The van der Waals surface area contributed by atoms with E-state index in [1.807, 2.05) is 10.6 Å². The molecule has 1 aromatic heterocycles. The SMILES string of the molecule is CCn1cnnc1-c1cc(C)ccc1Br. The molecule has 1 aromatic carbocycles. The van der Waals surface area contributed by atoms with Gasteiger partial charge in [-0.3, -0.25) is 0 Å². The summed E-state index contributed by atoms with van der Waals surface area (Å²) in [4.78, 5) is 0.